The van der Waals surface area contributed by atoms with Crippen LogP contribution in [0.5, 0.6) is 0 Å². The van der Waals surface area contributed by atoms with Crippen LogP contribution >= 0.6 is 0 Å². The van der Waals surface area contributed by atoms with E-state index in [1.807, 2.05) is 13.8 Å². The molecule has 4 fully saturated rings. The molecule has 2 saturated carbocycles. The summed E-state index contributed by atoms with van der Waals surface area (Å²) in [6.07, 6.45) is 7.66. The van der Waals surface area contributed by atoms with Gasteiger partial charge in [-0.3, -0.25) is 29.0 Å². The van der Waals surface area contributed by atoms with E-state index in [1.165, 1.54) is 9.80 Å². The number of hydrogen-bond acceptors (Lipinski definition) is 4. The van der Waals surface area contributed by atoms with Gasteiger partial charge in [-0.2, -0.15) is 0 Å². The van der Waals surface area contributed by atoms with E-state index in [1.54, 1.807) is 0 Å². The highest BCUT2D eigenvalue weighted by Gasteiger charge is 2.74. The second-order valence-corrected chi connectivity index (χ2v) is 9.16. The first-order valence-corrected chi connectivity index (χ1v) is 10.9. The maximum absolute atomic E-state index is 13.1. The molecule has 28 heavy (non-hydrogen) atoms. The van der Waals surface area contributed by atoms with Crippen molar-refractivity contribution in [1.29, 1.82) is 0 Å². The molecule has 6 nitrogen and oxygen atoms in total. The van der Waals surface area contributed by atoms with Crippen molar-refractivity contribution >= 4 is 23.6 Å². The van der Waals surface area contributed by atoms with E-state index < -0.39 is 0 Å². The molecule has 0 spiro atoms. The summed E-state index contributed by atoms with van der Waals surface area (Å²) in [5.41, 5.74) is 0. The van der Waals surface area contributed by atoms with Gasteiger partial charge in [0, 0.05) is 13.1 Å². The van der Waals surface area contributed by atoms with Gasteiger partial charge in [-0.15, -0.1) is 0 Å². The molecule has 0 aromatic heterocycles. The lowest BCUT2D eigenvalue weighted by Crippen LogP contribution is -2.63. The highest BCUT2D eigenvalue weighted by Crippen LogP contribution is 2.68. The third kappa shape index (κ3) is 2.04. The van der Waals surface area contributed by atoms with E-state index in [4.69, 9.17) is 0 Å². The first kappa shape index (κ1) is 18.1. The predicted octanol–water partition coefficient (Wildman–Crippen LogP) is 1.85. The summed E-state index contributed by atoms with van der Waals surface area (Å²) in [6, 6.07) is 0. The quantitative estimate of drug-likeness (QED) is 0.517. The molecule has 150 valence electrons. The first-order valence-electron chi connectivity index (χ1n) is 10.9. The molecule has 4 aliphatic carbocycles. The minimum Gasteiger partial charge on any atom is -0.282 e. The van der Waals surface area contributed by atoms with Crippen LogP contribution < -0.4 is 0 Å². The van der Waals surface area contributed by atoms with Crippen LogP contribution in [0.3, 0.4) is 0 Å². The molecule has 0 unspecified atom stereocenters. The maximum Gasteiger partial charge on any atom is 0.233 e. The van der Waals surface area contributed by atoms with Crippen LogP contribution in [0, 0.1) is 47.3 Å². The molecule has 0 radical (unpaired) electrons. The lowest BCUT2D eigenvalue weighted by Gasteiger charge is -2.60. The van der Waals surface area contributed by atoms with Crippen molar-refractivity contribution in [2.24, 2.45) is 47.3 Å². The number of nitrogens with zero attached hydrogens (tertiary/aromatic N) is 2. The van der Waals surface area contributed by atoms with Crippen molar-refractivity contribution in [3.63, 3.8) is 0 Å². The van der Waals surface area contributed by atoms with E-state index in [0.717, 1.165) is 25.7 Å². The van der Waals surface area contributed by atoms with Crippen LogP contribution in [0.1, 0.15) is 39.5 Å². The topological polar surface area (TPSA) is 74.8 Å². The number of carbonyl (C=O) groups is 4. The molecule has 0 N–H and O–H groups in total. The van der Waals surface area contributed by atoms with E-state index in [-0.39, 0.29) is 71.0 Å². The van der Waals surface area contributed by atoms with Crippen molar-refractivity contribution in [1.82, 2.24) is 9.80 Å². The average molecular weight is 384 g/mol. The Labute approximate surface area is 165 Å². The molecule has 6 aliphatic rings. The Hall–Kier alpha value is -1.98. The predicted molar refractivity (Wildman–Crippen MR) is 100 cm³/mol. The minimum atomic E-state index is -0.325. The standard InChI is InChI=1S/C22H28N2O4/c1-3-5-9-23-19(25)15-11-7-8-12(16(15)20(23)26)14-13(11)17-18(14)22(28)24(21(17)27)10-6-4-2/h7-8,11-18H,3-6,9-10H2,1-2H3/t11-,12-,13-,14-,15-,16+,17-,18-/m0/s1. The zero-order chi connectivity index (χ0) is 19.7. The molecular formula is C22H28N2O4. The second kappa shape index (κ2) is 6.26. The summed E-state index contributed by atoms with van der Waals surface area (Å²) in [5, 5.41) is 0. The zero-order valence-electron chi connectivity index (χ0n) is 16.5. The molecule has 2 aliphatic heterocycles. The van der Waals surface area contributed by atoms with Crippen LogP contribution in [0.15, 0.2) is 12.2 Å². The smallest absolute Gasteiger partial charge is 0.233 e. The van der Waals surface area contributed by atoms with Gasteiger partial charge in [0.15, 0.2) is 0 Å². The van der Waals surface area contributed by atoms with Crippen LogP contribution in [-0.2, 0) is 19.2 Å². The van der Waals surface area contributed by atoms with Gasteiger partial charge in [0.05, 0.1) is 23.7 Å². The Kier molecular flexibility index (Phi) is 4.04. The van der Waals surface area contributed by atoms with Crippen molar-refractivity contribution < 1.29 is 19.2 Å². The Balaban J connectivity index is 1.45. The molecule has 2 saturated heterocycles. The number of hydrogen-bond donors (Lipinski definition) is 0. The van der Waals surface area contributed by atoms with Gasteiger partial charge in [0.25, 0.3) is 0 Å². The Morgan fingerprint density at radius 3 is 1.36 bits per heavy atom. The van der Waals surface area contributed by atoms with E-state index >= 15 is 0 Å². The van der Waals surface area contributed by atoms with Crippen molar-refractivity contribution in [3.8, 4) is 0 Å². The maximum atomic E-state index is 13.1. The fraction of sp³-hybridized carbons (Fsp3) is 0.727. The molecule has 4 amide bonds. The van der Waals surface area contributed by atoms with Gasteiger partial charge in [-0.25, -0.2) is 0 Å². The average Bonchev–Trinajstić information content (AvgIpc) is 3.03. The molecule has 6 heteroatoms. The SMILES string of the molecule is CCCCN1C(=O)[C@@H]2[C@@H](C1=O)[C@H]1[C@@H]3C=C[C@H]([C@H]4C(=O)N(CCCC)C(=O)[C@@H]34)[C@H]21. The molecule has 0 aromatic carbocycles. The molecule has 2 heterocycles. The summed E-state index contributed by atoms with van der Waals surface area (Å²) >= 11 is 0. The molecule has 8 atom stereocenters. The highest BCUT2D eigenvalue weighted by molar-refractivity contribution is 6.09. The second-order valence-electron chi connectivity index (χ2n) is 9.16. The lowest BCUT2D eigenvalue weighted by molar-refractivity contribution is -0.166. The van der Waals surface area contributed by atoms with Crippen molar-refractivity contribution in [3.05, 3.63) is 12.2 Å². The normalized spacial score (nSPS) is 42.8. The third-order valence-corrected chi connectivity index (χ3v) is 8.00. The first-order chi connectivity index (χ1) is 13.5. The molecular weight excluding hydrogens is 356 g/mol. The van der Waals surface area contributed by atoms with Crippen LogP contribution in [0.25, 0.3) is 0 Å². The van der Waals surface area contributed by atoms with Gasteiger partial charge in [0.1, 0.15) is 0 Å². The van der Waals surface area contributed by atoms with Crippen LogP contribution in [0.4, 0.5) is 0 Å². The third-order valence-electron chi connectivity index (χ3n) is 8.00. The molecule has 0 aromatic rings. The number of carbonyl (C=O) groups excluding carboxylic acids is 4. The fourth-order valence-electron chi connectivity index (χ4n) is 6.80. The van der Waals surface area contributed by atoms with Gasteiger partial charge >= 0.3 is 0 Å². The Bertz CT molecular complexity index is 733. The van der Waals surface area contributed by atoms with Gasteiger partial charge in [-0.05, 0) is 36.5 Å². The van der Waals surface area contributed by atoms with Crippen molar-refractivity contribution in [2.45, 2.75) is 39.5 Å². The van der Waals surface area contributed by atoms with E-state index in [0.29, 0.717) is 13.1 Å². The largest absolute Gasteiger partial charge is 0.282 e. The number of unbranched alkanes of at least 4 members (excludes halogenated alkanes) is 2. The molecule has 2 bridgehead atoms. The number of imide groups is 2. The van der Waals surface area contributed by atoms with Gasteiger partial charge in [-0.1, -0.05) is 38.8 Å². The molecule has 6 rings (SSSR count). The fourth-order valence-corrected chi connectivity index (χ4v) is 6.80. The van der Waals surface area contributed by atoms with E-state index in [9.17, 15) is 19.2 Å². The van der Waals surface area contributed by atoms with Crippen LogP contribution in [0.2, 0.25) is 0 Å². The minimum absolute atomic E-state index is 0.0400. The van der Waals surface area contributed by atoms with E-state index in [2.05, 4.69) is 12.2 Å². The number of allylic oxidation sites excluding steroid dienone is 2. The Morgan fingerprint density at radius 2 is 1.00 bits per heavy atom. The summed E-state index contributed by atoms with van der Waals surface area (Å²) in [5.74, 6) is -1.44. The van der Waals surface area contributed by atoms with Gasteiger partial charge < -0.3 is 0 Å². The van der Waals surface area contributed by atoms with Crippen molar-refractivity contribution in [2.75, 3.05) is 13.1 Å². The van der Waals surface area contributed by atoms with Gasteiger partial charge in [0.2, 0.25) is 23.6 Å². The monoisotopic (exact) mass is 384 g/mol. The zero-order valence-corrected chi connectivity index (χ0v) is 16.5. The summed E-state index contributed by atoms with van der Waals surface area (Å²) < 4.78 is 0. The number of amides is 4. The summed E-state index contributed by atoms with van der Waals surface area (Å²) in [4.78, 5) is 55.0. The number of fused-ring (bicyclic) bond motifs is 1. The highest BCUT2D eigenvalue weighted by atomic mass is 16.2. The lowest BCUT2D eigenvalue weighted by atomic mass is 9.40. The van der Waals surface area contributed by atoms with Crippen LogP contribution in [-0.4, -0.2) is 46.5 Å². The summed E-state index contributed by atoms with van der Waals surface area (Å²) in [6.45, 7) is 5.09. The summed E-state index contributed by atoms with van der Waals surface area (Å²) in [7, 11) is 0. The number of likely N-dealkylation sites (tertiary alicyclic amines) is 2. The number of rotatable bonds is 6. The Morgan fingerprint density at radius 1 is 0.643 bits per heavy atom.